The fourth-order valence-corrected chi connectivity index (χ4v) is 4.84. The number of carbonyl (C=O) groups excluding carboxylic acids is 1. The number of aryl methyl sites for hydroxylation is 1. The fraction of sp³-hybridized carbons (Fsp3) is 0.316. The second kappa shape index (κ2) is 7.75. The highest BCUT2D eigenvalue weighted by molar-refractivity contribution is 7.89. The van der Waals surface area contributed by atoms with Crippen LogP contribution in [0.1, 0.15) is 27.5 Å². The lowest BCUT2D eigenvalue weighted by Crippen LogP contribution is -2.48. The van der Waals surface area contributed by atoms with Crippen LogP contribution in [0, 0.1) is 12.7 Å². The van der Waals surface area contributed by atoms with E-state index in [4.69, 9.17) is 4.74 Å². The van der Waals surface area contributed by atoms with E-state index < -0.39 is 27.9 Å². The monoisotopic (exact) mass is 392 g/mol. The molecule has 27 heavy (non-hydrogen) atoms. The zero-order chi connectivity index (χ0) is 19.6. The molecule has 0 aliphatic carbocycles. The molecule has 0 radical (unpaired) electrons. The lowest BCUT2D eigenvalue weighted by molar-refractivity contribution is 0.0599. The molecule has 1 saturated heterocycles. The zero-order valence-electron chi connectivity index (χ0n) is 15.1. The molecule has 0 amide bonds. The van der Waals surface area contributed by atoms with Gasteiger partial charge in [0.1, 0.15) is 5.82 Å². The molecule has 144 valence electrons. The number of esters is 1. The van der Waals surface area contributed by atoms with Crippen molar-refractivity contribution in [1.82, 2.24) is 9.62 Å². The second-order valence-corrected chi connectivity index (χ2v) is 8.25. The Bertz CT molecular complexity index is 962. The minimum Gasteiger partial charge on any atom is -0.465 e. The molecule has 3 rings (SSSR count). The average Bonchev–Trinajstić information content (AvgIpc) is 2.67. The Kier molecular flexibility index (Phi) is 5.59. The van der Waals surface area contributed by atoms with Crippen LogP contribution in [-0.2, 0) is 14.8 Å². The first-order valence-electron chi connectivity index (χ1n) is 8.51. The van der Waals surface area contributed by atoms with Gasteiger partial charge in [-0.05, 0) is 42.3 Å². The van der Waals surface area contributed by atoms with Crippen LogP contribution in [0.15, 0.2) is 47.4 Å². The Hall–Kier alpha value is -2.29. The van der Waals surface area contributed by atoms with Gasteiger partial charge in [-0.15, -0.1) is 0 Å². The first kappa shape index (κ1) is 19.5. The summed E-state index contributed by atoms with van der Waals surface area (Å²) in [5.41, 5.74) is 1.41. The molecule has 1 N–H and O–H groups in total. The van der Waals surface area contributed by atoms with Crippen LogP contribution >= 0.6 is 0 Å². The summed E-state index contributed by atoms with van der Waals surface area (Å²) in [5.74, 6) is -1.01. The summed E-state index contributed by atoms with van der Waals surface area (Å²) in [5, 5.41) is 3.15. The van der Waals surface area contributed by atoms with Crippen LogP contribution in [0.25, 0.3) is 0 Å². The summed E-state index contributed by atoms with van der Waals surface area (Å²) < 4.78 is 46.3. The van der Waals surface area contributed by atoms with Crippen molar-refractivity contribution in [2.24, 2.45) is 0 Å². The molecule has 1 fully saturated rings. The number of nitrogens with zero attached hydrogens (tertiary/aromatic N) is 1. The van der Waals surface area contributed by atoms with Gasteiger partial charge >= 0.3 is 5.97 Å². The van der Waals surface area contributed by atoms with Gasteiger partial charge in [-0.3, -0.25) is 0 Å². The predicted molar refractivity (Wildman–Crippen MR) is 98.4 cm³/mol. The SMILES string of the molecule is COC(=O)c1cc(S(=O)(=O)N2CCNCC2c2cccc(F)c2)ccc1C. The molecule has 0 saturated carbocycles. The number of sulfonamides is 1. The normalized spacial score (nSPS) is 18.3. The molecule has 2 aromatic rings. The number of hydrogen-bond donors (Lipinski definition) is 1. The molecule has 0 aromatic heterocycles. The van der Waals surface area contributed by atoms with Crippen molar-refractivity contribution in [2.75, 3.05) is 26.7 Å². The van der Waals surface area contributed by atoms with E-state index >= 15 is 0 Å². The summed E-state index contributed by atoms with van der Waals surface area (Å²) in [7, 11) is -2.64. The highest BCUT2D eigenvalue weighted by Crippen LogP contribution is 2.30. The maximum atomic E-state index is 13.7. The lowest BCUT2D eigenvalue weighted by atomic mass is 10.1. The molecule has 0 spiro atoms. The highest BCUT2D eigenvalue weighted by atomic mass is 32.2. The number of methoxy groups -OCH3 is 1. The summed E-state index contributed by atoms with van der Waals surface area (Å²) in [4.78, 5) is 11.9. The van der Waals surface area contributed by atoms with Crippen LogP contribution in [0.4, 0.5) is 4.39 Å². The maximum Gasteiger partial charge on any atom is 0.338 e. The molecule has 8 heteroatoms. The van der Waals surface area contributed by atoms with Crippen molar-refractivity contribution in [3.05, 3.63) is 65.0 Å². The van der Waals surface area contributed by atoms with E-state index in [2.05, 4.69) is 5.32 Å². The van der Waals surface area contributed by atoms with E-state index in [9.17, 15) is 17.6 Å². The van der Waals surface area contributed by atoms with E-state index in [1.807, 2.05) is 0 Å². The van der Waals surface area contributed by atoms with Crippen molar-refractivity contribution in [2.45, 2.75) is 17.9 Å². The van der Waals surface area contributed by atoms with Crippen molar-refractivity contribution < 1.29 is 22.3 Å². The second-order valence-electron chi connectivity index (χ2n) is 6.36. The summed E-state index contributed by atoms with van der Waals surface area (Å²) >= 11 is 0. The van der Waals surface area contributed by atoms with Gasteiger partial charge in [0.25, 0.3) is 0 Å². The molecule has 1 aliphatic heterocycles. The van der Waals surface area contributed by atoms with E-state index in [0.29, 0.717) is 24.2 Å². The van der Waals surface area contributed by atoms with Crippen molar-refractivity contribution in [3.8, 4) is 0 Å². The van der Waals surface area contributed by atoms with Gasteiger partial charge in [0.05, 0.1) is 23.6 Å². The highest BCUT2D eigenvalue weighted by Gasteiger charge is 2.35. The van der Waals surface area contributed by atoms with Gasteiger partial charge in [0, 0.05) is 19.6 Å². The fourth-order valence-electron chi connectivity index (χ4n) is 3.20. The molecular weight excluding hydrogens is 371 g/mol. The van der Waals surface area contributed by atoms with Gasteiger partial charge in [0.2, 0.25) is 10.0 Å². The molecule has 1 atom stereocenters. The molecule has 2 aromatic carbocycles. The number of hydrogen-bond acceptors (Lipinski definition) is 5. The molecule has 1 heterocycles. The van der Waals surface area contributed by atoms with Crippen LogP contribution < -0.4 is 5.32 Å². The standard InChI is InChI=1S/C19H21FN2O4S/c1-13-6-7-16(11-17(13)19(23)26-2)27(24,25)22-9-8-21-12-18(22)14-4-3-5-15(20)10-14/h3-7,10-11,18,21H,8-9,12H2,1-2H3. The lowest BCUT2D eigenvalue weighted by Gasteiger charge is -2.35. The largest absolute Gasteiger partial charge is 0.465 e. The van der Waals surface area contributed by atoms with Crippen LogP contribution in [0.2, 0.25) is 0 Å². The number of piperazine rings is 1. The minimum atomic E-state index is -3.89. The van der Waals surface area contributed by atoms with Gasteiger partial charge in [-0.25, -0.2) is 17.6 Å². The number of rotatable bonds is 4. The molecule has 6 nitrogen and oxygen atoms in total. The van der Waals surface area contributed by atoms with Crippen molar-refractivity contribution in [3.63, 3.8) is 0 Å². The predicted octanol–water partition coefficient (Wildman–Crippen LogP) is 2.26. The van der Waals surface area contributed by atoms with E-state index in [1.54, 1.807) is 25.1 Å². The third-order valence-electron chi connectivity index (χ3n) is 4.65. The van der Waals surface area contributed by atoms with E-state index in [-0.39, 0.29) is 17.0 Å². The van der Waals surface area contributed by atoms with Crippen LogP contribution in [0.3, 0.4) is 0 Å². The first-order valence-corrected chi connectivity index (χ1v) is 9.95. The topological polar surface area (TPSA) is 75.7 Å². The number of halogens is 1. The Morgan fingerprint density at radius 3 is 2.74 bits per heavy atom. The average molecular weight is 392 g/mol. The quantitative estimate of drug-likeness (QED) is 0.808. The Morgan fingerprint density at radius 2 is 2.04 bits per heavy atom. The van der Waals surface area contributed by atoms with Crippen LogP contribution in [0.5, 0.6) is 0 Å². The maximum absolute atomic E-state index is 13.7. The molecule has 0 bridgehead atoms. The minimum absolute atomic E-state index is 0.0109. The molecular formula is C19H21FN2O4S. The number of ether oxygens (including phenoxy) is 1. The van der Waals surface area contributed by atoms with Gasteiger partial charge in [0.15, 0.2) is 0 Å². The zero-order valence-corrected chi connectivity index (χ0v) is 15.9. The summed E-state index contributed by atoms with van der Waals surface area (Å²) in [6, 6.07) is 9.78. The van der Waals surface area contributed by atoms with Gasteiger partial charge in [-0.1, -0.05) is 18.2 Å². The van der Waals surface area contributed by atoms with Crippen molar-refractivity contribution >= 4 is 16.0 Å². The van der Waals surface area contributed by atoms with Crippen LogP contribution in [-0.4, -0.2) is 45.4 Å². The summed E-state index contributed by atoms with van der Waals surface area (Å²) in [6.07, 6.45) is 0. The molecule has 1 aliphatic rings. The van der Waals surface area contributed by atoms with Crippen molar-refractivity contribution in [1.29, 1.82) is 0 Å². The Labute approximate surface area is 158 Å². The van der Waals surface area contributed by atoms with Gasteiger partial charge in [-0.2, -0.15) is 4.31 Å². The van der Waals surface area contributed by atoms with E-state index in [1.165, 1.54) is 35.7 Å². The summed E-state index contributed by atoms with van der Waals surface area (Å²) in [6.45, 7) is 2.81. The number of benzene rings is 2. The first-order chi connectivity index (χ1) is 12.8. The number of carbonyl (C=O) groups is 1. The third-order valence-corrected chi connectivity index (χ3v) is 6.55. The molecule has 1 unspecified atom stereocenters. The van der Waals surface area contributed by atoms with Gasteiger partial charge < -0.3 is 10.1 Å². The Morgan fingerprint density at radius 1 is 1.26 bits per heavy atom. The van der Waals surface area contributed by atoms with E-state index in [0.717, 1.165) is 0 Å². The third kappa shape index (κ3) is 3.87. The smallest absolute Gasteiger partial charge is 0.338 e. The Balaban J connectivity index is 2.03. The number of nitrogens with one attached hydrogen (secondary N) is 1.